The molecule has 210 valence electrons. The van der Waals surface area contributed by atoms with Crippen LogP contribution in [0.25, 0.3) is 6.08 Å². The van der Waals surface area contributed by atoms with Gasteiger partial charge in [0.2, 0.25) is 0 Å². The van der Waals surface area contributed by atoms with E-state index in [1.54, 1.807) is 25.1 Å². The summed E-state index contributed by atoms with van der Waals surface area (Å²) in [6, 6.07) is 12.7. The number of allylic oxidation sites excluding steroid dienone is 1. The second-order valence-corrected chi connectivity index (χ2v) is 11.1. The first-order chi connectivity index (χ1) is 19.2. The van der Waals surface area contributed by atoms with Crippen LogP contribution in [0.2, 0.25) is 0 Å². The summed E-state index contributed by atoms with van der Waals surface area (Å²) >= 11 is 1.20. The number of non-ortho nitro benzene ring substituents is 1. The zero-order valence-electron chi connectivity index (χ0n) is 23.1. The van der Waals surface area contributed by atoms with Crippen LogP contribution < -0.4 is 19.6 Å². The molecule has 0 radical (unpaired) electrons. The first-order valence-corrected chi connectivity index (χ1v) is 14.2. The Bertz CT molecular complexity index is 1580. The number of ether oxygens (including phenoxy) is 2. The zero-order valence-corrected chi connectivity index (χ0v) is 23.9. The van der Waals surface area contributed by atoms with Crippen LogP contribution in [0.15, 0.2) is 69.6 Å². The SMILES string of the molecule is CCCCCOc1ccc(C2C(C(=O)OCC(C)C)=C(C)N=c3s/c(=C\c4ccc([N+](=O)[O-])cc4)c(=O)n32)cc1. The molecular formula is C30H33N3O6S. The number of unbranched alkanes of at least 4 members (excludes halogenated alkanes) is 2. The maximum Gasteiger partial charge on any atom is 0.338 e. The molecular weight excluding hydrogens is 530 g/mol. The van der Waals surface area contributed by atoms with Crippen molar-refractivity contribution in [1.82, 2.24) is 4.57 Å². The summed E-state index contributed by atoms with van der Waals surface area (Å²) in [6.07, 6.45) is 4.85. The molecule has 0 N–H and O–H groups in total. The maximum absolute atomic E-state index is 13.8. The minimum atomic E-state index is -0.732. The van der Waals surface area contributed by atoms with Crippen LogP contribution in [-0.4, -0.2) is 28.7 Å². The second kappa shape index (κ2) is 12.9. The fraction of sp³-hybridized carbons (Fsp3) is 0.367. The van der Waals surface area contributed by atoms with Crippen molar-refractivity contribution in [2.24, 2.45) is 10.9 Å². The normalized spacial score (nSPS) is 15.1. The molecule has 0 saturated heterocycles. The van der Waals surface area contributed by atoms with Gasteiger partial charge in [-0.3, -0.25) is 19.5 Å². The fourth-order valence-corrected chi connectivity index (χ4v) is 5.40. The Morgan fingerprint density at radius 1 is 1.15 bits per heavy atom. The molecule has 3 aromatic rings. The summed E-state index contributed by atoms with van der Waals surface area (Å²) in [6.45, 7) is 8.67. The van der Waals surface area contributed by atoms with Crippen LogP contribution in [0, 0.1) is 16.0 Å². The molecule has 4 rings (SSSR count). The number of thiazole rings is 1. The smallest absolute Gasteiger partial charge is 0.338 e. The number of carbonyl (C=O) groups is 1. The van der Waals surface area contributed by atoms with Gasteiger partial charge in [-0.15, -0.1) is 0 Å². The monoisotopic (exact) mass is 563 g/mol. The summed E-state index contributed by atoms with van der Waals surface area (Å²) < 4.78 is 13.4. The first kappa shape index (κ1) is 28.9. The number of fused-ring (bicyclic) bond motifs is 1. The molecule has 2 heterocycles. The second-order valence-electron chi connectivity index (χ2n) is 10.0. The number of nitrogens with zero attached hydrogens (tertiary/aromatic N) is 3. The summed E-state index contributed by atoms with van der Waals surface area (Å²) in [7, 11) is 0. The number of nitro groups is 1. The van der Waals surface area contributed by atoms with E-state index >= 15 is 0 Å². The molecule has 40 heavy (non-hydrogen) atoms. The molecule has 1 unspecified atom stereocenters. The van der Waals surface area contributed by atoms with Crippen LogP contribution in [0.1, 0.15) is 64.1 Å². The largest absolute Gasteiger partial charge is 0.494 e. The van der Waals surface area contributed by atoms with Gasteiger partial charge in [0.25, 0.3) is 11.2 Å². The highest BCUT2D eigenvalue weighted by molar-refractivity contribution is 7.07. The lowest BCUT2D eigenvalue weighted by Gasteiger charge is -2.25. The van der Waals surface area contributed by atoms with Gasteiger partial charge in [0.1, 0.15) is 5.75 Å². The van der Waals surface area contributed by atoms with E-state index in [1.165, 1.54) is 28.0 Å². The van der Waals surface area contributed by atoms with Gasteiger partial charge in [-0.1, -0.05) is 57.1 Å². The molecule has 1 atom stereocenters. The van der Waals surface area contributed by atoms with Gasteiger partial charge in [0.05, 0.1) is 40.0 Å². The van der Waals surface area contributed by atoms with Gasteiger partial charge in [-0.2, -0.15) is 0 Å². The standard InChI is InChI=1S/C30H33N3O6S/c1-5-6-7-16-38-24-14-10-22(11-15-24)27-26(29(35)39-18-19(2)3)20(4)31-30-32(27)28(34)25(40-30)17-21-8-12-23(13-9-21)33(36)37/h8-15,17,19,27H,5-7,16,18H2,1-4H3/b25-17-. The number of aromatic nitrogens is 1. The van der Waals surface area contributed by atoms with Gasteiger partial charge in [0, 0.05) is 12.1 Å². The third-order valence-corrected chi connectivity index (χ3v) is 7.39. The van der Waals surface area contributed by atoms with Crippen LogP contribution in [0.4, 0.5) is 5.69 Å². The van der Waals surface area contributed by atoms with E-state index in [9.17, 15) is 19.7 Å². The Morgan fingerprint density at radius 3 is 2.48 bits per heavy atom. The number of hydrogen-bond acceptors (Lipinski definition) is 8. The minimum absolute atomic E-state index is 0.0309. The summed E-state index contributed by atoms with van der Waals surface area (Å²) in [5.74, 6) is 0.356. The van der Waals surface area contributed by atoms with Crippen molar-refractivity contribution < 1.29 is 19.2 Å². The average molecular weight is 564 g/mol. The quantitative estimate of drug-likeness (QED) is 0.142. The third kappa shape index (κ3) is 6.56. The summed E-state index contributed by atoms with van der Waals surface area (Å²) in [4.78, 5) is 42.7. The Hall–Kier alpha value is -4.05. The van der Waals surface area contributed by atoms with Gasteiger partial charge in [-0.05, 0) is 60.7 Å². The van der Waals surface area contributed by atoms with Crippen LogP contribution in [0.3, 0.4) is 0 Å². The molecule has 0 saturated carbocycles. The Morgan fingerprint density at radius 2 is 1.85 bits per heavy atom. The van der Waals surface area contributed by atoms with Crippen LogP contribution >= 0.6 is 11.3 Å². The van der Waals surface area contributed by atoms with Crippen molar-refractivity contribution in [3.05, 3.63) is 101 Å². The Balaban J connectivity index is 1.77. The van der Waals surface area contributed by atoms with Crippen LogP contribution in [0.5, 0.6) is 5.75 Å². The lowest BCUT2D eigenvalue weighted by Crippen LogP contribution is -2.40. The lowest BCUT2D eigenvalue weighted by molar-refractivity contribution is -0.384. The highest BCUT2D eigenvalue weighted by Gasteiger charge is 2.33. The van der Waals surface area contributed by atoms with E-state index in [2.05, 4.69) is 11.9 Å². The summed E-state index contributed by atoms with van der Waals surface area (Å²) in [5.41, 5.74) is 1.83. The van der Waals surface area contributed by atoms with Gasteiger partial charge in [-0.25, -0.2) is 9.79 Å². The highest BCUT2D eigenvalue weighted by Crippen LogP contribution is 2.32. The van der Waals surface area contributed by atoms with Gasteiger partial charge >= 0.3 is 5.97 Å². The van der Waals surface area contributed by atoms with Gasteiger partial charge < -0.3 is 9.47 Å². The predicted molar refractivity (Wildman–Crippen MR) is 154 cm³/mol. The van der Waals surface area contributed by atoms with Crippen molar-refractivity contribution in [1.29, 1.82) is 0 Å². The van der Waals surface area contributed by atoms with E-state index in [0.717, 1.165) is 30.6 Å². The number of carbonyl (C=O) groups excluding carboxylic acids is 1. The van der Waals surface area contributed by atoms with Gasteiger partial charge in [0.15, 0.2) is 4.80 Å². The van der Waals surface area contributed by atoms with Crippen molar-refractivity contribution in [3.8, 4) is 5.75 Å². The number of rotatable bonds is 11. The third-order valence-electron chi connectivity index (χ3n) is 6.40. The molecule has 1 aliphatic rings. The van der Waals surface area contributed by atoms with E-state index in [1.807, 2.05) is 38.1 Å². The molecule has 9 nitrogen and oxygen atoms in total. The Kier molecular flexibility index (Phi) is 9.31. The molecule has 0 fully saturated rings. The summed E-state index contributed by atoms with van der Waals surface area (Å²) in [5, 5.41) is 11.0. The zero-order chi connectivity index (χ0) is 28.8. The van der Waals surface area contributed by atoms with E-state index in [-0.39, 0.29) is 23.8 Å². The molecule has 1 aliphatic heterocycles. The predicted octanol–water partition coefficient (Wildman–Crippen LogP) is 4.91. The number of nitro benzene ring substituents is 1. The van der Waals surface area contributed by atoms with E-state index < -0.39 is 16.9 Å². The van der Waals surface area contributed by atoms with Crippen molar-refractivity contribution >= 4 is 29.1 Å². The van der Waals surface area contributed by atoms with E-state index in [0.29, 0.717) is 32.8 Å². The maximum atomic E-state index is 13.8. The number of esters is 1. The topological polar surface area (TPSA) is 113 Å². The molecule has 0 aliphatic carbocycles. The molecule has 0 amide bonds. The Labute approximate surface area is 236 Å². The number of hydrogen-bond donors (Lipinski definition) is 0. The minimum Gasteiger partial charge on any atom is -0.494 e. The average Bonchev–Trinajstić information content (AvgIpc) is 3.23. The molecule has 10 heteroatoms. The first-order valence-electron chi connectivity index (χ1n) is 13.4. The van der Waals surface area contributed by atoms with Crippen molar-refractivity contribution in [2.45, 2.75) is 53.0 Å². The molecule has 2 aromatic carbocycles. The fourth-order valence-electron chi connectivity index (χ4n) is 4.35. The van der Waals surface area contributed by atoms with Crippen molar-refractivity contribution in [3.63, 3.8) is 0 Å². The molecule has 1 aromatic heterocycles. The highest BCUT2D eigenvalue weighted by atomic mass is 32.1. The molecule has 0 bridgehead atoms. The van der Waals surface area contributed by atoms with E-state index in [4.69, 9.17) is 9.47 Å². The van der Waals surface area contributed by atoms with Crippen molar-refractivity contribution in [2.75, 3.05) is 13.2 Å². The lowest BCUT2D eigenvalue weighted by atomic mass is 9.96. The van der Waals surface area contributed by atoms with Crippen LogP contribution in [-0.2, 0) is 9.53 Å². The number of benzene rings is 2. The molecule has 0 spiro atoms.